The molecule has 4 heteroatoms. The van der Waals surface area contributed by atoms with Crippen LogP contribution in [0, 0.1) is 0 Å². The molecule has 4 nitrogen and oxygen atoms in total. The highest BCUT2D eigenvalue weighted by Gasteiger charge is 2.06. The molecule has 186 valence electrons. The number of nitrogens with zero attached hydrogens (tertiary/aromatic N) is 4. The number of hydrogen-bond donors (Lipinski definition) is 0. The molecule has 2 aromatic carbocycles. The van der Waals surface area contributed by atoms with Gasteiger partial charge in [0.2, 0.25) is 0 Å². The third-order valence-electron chi connectivity index (χ3n) is 6.74. The molecule has 0 radical (unpaired) electrons. The molecule has 0 saturated heterocycles. The number of benzene rings is 2. The molecule has 0 spiro atoms. The average Bonchev–Trinajstić information content (AvgIpc) is 2.89. The number of rotatable bonds is 11. The van der Waals surface area contributed by atoms with Gasteiger partial charge in [0.25, 0.3) is 0 Å². The van der Waals surface area contributed by atoms with E-state index >= 15 is 0 Å². The van der Waals surface area contributed by atoms with Crippen LogP contribution in [-0.2, 0) is 25.9 Å². The predicted molar refractivity (Wildman–Crippen MR) is 150 cm³/mol. The molecule has 0 fully saturated rings. The number of unbranched alkanes of at least 4 members (excludes halogenated alkanes) is 1. The van der Waals surface area contributed by atoms with Gasteiger partial charge in [0.05, 0.1) is 0 Å². The van der Waals surface area contributed by atoms with E-state index in [0.29, 0.717) is 0 Å². The first-order chi connectivity index (χ1) is 17.5. The number of hydrogen-bond acceptors (Lipinski definition) is 2. The summed E-state index contributed by atoms with van der Waals surface area (Å²) in [7, 11) is 8.28. The number of aryl methyl sites for hydroxylation is 2. The van der Waals surface area contributed by atoms with Crippen LogP contribution in [0.15, 0.2) is 97.6 Å². The third-order valence-corrected chi connectivity index (χ3v) is 6.74. The maximum atomic E-state index is 2.29. The molecule has 0 amide bonds. The molecule has 0 bridgehead atoms. The van der Waals surface area contributed by atoms with Crippen molar-refractivity contribution in [2.24, 2.45) is 0 Å². The lowest BCUT2D eigenvalue weighted by atomic mass is 10.0. The highest BCUT2D eigenvalue weighted by Crippen LogP contribution is 2.13. The van der Waals surface area contributed by atoms with Crippen molar-refractivity contribution in [1.82, 2.24) is 0 Å². The van der Waals surface area contributed by atoms with Crippen molar-refractivity contribution >= 4 is 11.4 Å². The molecule has 4 rings (SSSR count). The fourth-order valence-electron chi connectivity index (χ4n) is 4.41. The summed E-state index contributed by atoms with van der Waals surface area (Å²) < 4.78 is 4.46. The average molecular weight is 481 g/mol. The van der Waals surface area contributed by atoms with Gasteiger partial charge in [-0.25, -0.2) is 9.13 Å². The van der Waals surface area contributed by atoms with Crippen LogP contribution >= 0.6 is 0 Å². The van der Waals surface area contributed by atoms with E-state index in [1.165, 1.54) is 46.5 Å². The monoisotopic (exact) mass is 480 g/mol. The highest BCUT2D eigenvalue weighted by molar-refractivity contribution is 5.42. The molecular formula is C32H40N4+2. The standard InChI is InChI=1S/C32H40N4/c1-33(2)31-17-21-35(22-18-31)25-29-13-9-27(10-14-29)7-5-6-8-28-11-15-30(16-12-28)26-36-23-19-32(20-24-36)34(3)4/h9-24H,5-8,25-26H2,1-4H3/q+2. The first kappa shape index (κ1) is 25.4. The van der Waals surface area contributed by atoms with Crippen LogP contribution < -0.4 is 18.9 Å². The number of anilines is 2. The van der Waals surface area contributed by atoms with E-state index in [1.54, 1.807) is 0 Å². The van der Waals surface area contributed by atoms with Crippen LogP contribution in [0.2, 0.25) is 0 Å². The molecule has 0 N–H and O–H groups in total. The van der Waals surface area contributed by atoms with Crippen molar-refractivity contribution in [3.8, 4) is 0 Å². The van der Waals surface area contributed by atoms with Crippen LogP contribution in [0.3, 0.4) is 0 Å². The van der Waals surface area contributed by atoms with Crippen molar-refractivity contribution in [1.29, 1.82) is 0 Å². The maximum absolute atomic E-state index is 2.29. The van der Waals surface area contributed by atoms with Crippen molar-refractivity contribution in [3.05, 3.63) is 120 Å². The highest BCUT2D eigenvalue weighted by atomic mass is 15.1. The van der Waals surface area contributed by atoms with Gasteiger partial charge in [0.1, 0.15) is 0 Å². The zero-order valence-corrected chi connectivity index (χ0v) is 22.3. The molecule has 2 heterocycles. The van der Waals surface area contributed by atoms with E-state index < -0.39 is 0 Å². The van der Waals surface area contributed by atoms with Crippen molar-refractivity contribution < 1.29 is 9.13 Å². The van der Waals surface area contributed by atoms with Gasteiger partial charge in [-0.05, 0) is 36.8 Å². The zero-order chi connectivity index (χ0) is 25.3. The molecule has 0 atom stereocenters. The first-order valence-electron chi connectivity index (χ1n) is 12.9. The van der Waals surface area contributed by atoms with Gasteiger partial charge in [-0.1, -0.05) is 48.5 Å². The van der Waals surface area contributed by atoms with Crippen LogP contribution in [0.4, 0.5) is 11.4 Å². The first-order valence-corrected chi connectivity index (χ1v) is 12.9. The van der Waals surface area contributed by atoms with Crippen molar-refractivity contribution in [2.75, 3.05) is 38.0 Å². The van der Waals surface area contributed by atoms with E-state index in [0.717, 1.165) is 25.9 Å². The minimum Gasteiger partial charge on any atom is -0.377 e. The van der Waals surface area contributed by atoms with Crippen LogP contribution in [0.5, 0.6) is 0 Å². The summed E-state index contributed by atoms with van der Waals surface area (Å²) in [6.45, 7) is 1.81. The summed E-state index contributed by atoms with van der Waals surface area (Å²) in [6, 6.07) is 26.9. The Labute approximate surface area is 217 Å². The summed E-state index contributed by atoms with van der Waals surface area (Å²) in [6.07, 6.45) is 13.3. The SMILES string of the molecule is CN(C)c1cc[n+](Cc2ccc(CCCCc3ccc(C[n+]4ccc(N(C)C)cc4)cc3)cc2)cc1. The lowest BCUT2D eigenvalue weighted by molar-refractivity contribution is -0.688. The zero-order valence-electron chi connectivity index (χ0n) is 22.3. The summed E-state index contributed by atoms with van der Waals surface area (Å²) in [5.41, 5.74) is 7.99. The lowest BCUT2D eigenvalue weighted by Gasteiger charge is -2.10. The molecule has 4 aromatic rings. The van der Waals surface area contributed by atoms with Crippen LogP contribution in [-0.4, -0.2) is 28.2 Å². The Balaban J connectivity index is 1.18. The van der Waals surface area contributed by atoms with Gasteiger partial charge in [-0.2, -0.15) is 0 Å². The Hall–Kier alpha value is -3.66. The summed E-state index contributed by atoms with van der Waals surface area (Å²) in [5, 5.41) is 0. The minimum absolute atomic E-state index is 0.907. The molecule has 0 aliphatic rings. The second kappa shape index (κ2) is 12.3. The molecule has 0 saturated carbocycles. The van der Waals surface area contributed by atoms with Crippen molar-refractivity contribution in [3.63, 3.8) is 0 Å². The third kappa shape index (κ3) is 7.42. The van der Waals surface area contributed by atoms with Gasteiger partial charge in [-0.15, -0.1) is 0 Å². The van der Waals surface area contributed by atoms with E-state index in [4.69, 9.17) is 0 Å². The van der Waals surface area contributed by atoms with E-state index in [2.05, 4.69) is 145 Å². The van der Waals surface area contributed by atoms with Gasteiger partial charge in [0, 0.05) is 75.0 Å². The van der Waals surface area contributed by atoms with Crippen LogP contribution in [0.1, 0.15) is 35.1 Å². The van der Waals surface area contributed by atoms with Crippen LogP contribution in [0.25, 0.3) is 0 Å². The Morgan fingerprint density at radius 3 is 1.06 bits per heavy atom. The molecular weight excluding hydrogens is 440 g/mol. The normalized spacial score (nSPS) is 10.9. The quantitative estimate of drug-likeness (QED) is 0.220. The van der Waals surface area contributed by atoms with E-state index in [9.17, 15) is 0 Å². The molecule has 2 aromatic heterocycles. The lowest BCUT2D eigenvalue weighted by Crippen LogP contribution is -2.33. The fourth-order valence-corrected chi connectivity index (χ4v) is 4.41. The maximum Gasteiger partial charge on any atom is 0.173 e. The Kier molecular flexibility index (Phi) is 8.72. The second-order valence-corrected chi connectivity index (χ2v) is 10.1. The fraction of sp³-hybridized carbons (Fsp3) is 0.312. The molecule has 0 aliphatic carbocycles. The Morgan fingerprint density at radius 1 is 0.444 bits per heavy atom. The molecule has 0 aliphatic heterocycles. The smallest absolute Gasteiger partial charge is 0.173 e. The Morgan fingerprint density at radius 2 is 0.750 bits per heavy atom. The van der Waals surface area contributed by atoms with Gasteiger partial charge in [-0.3, -0.25) is 0 Å². The largest absolute Gasteiger partial charge is 0.377 e. The topological polar surface area (TPSA) is 14.2 Å². The summed E-state index contributed by atoms with van der Waals surface area (Å²) >= 11 is 0. The van der Waals surface area contributed by atoms with Crippen molar-refractivity contribution in [2.45, 2.75) is 38.8 Å². The Bertz CT molecular complexity index is 1090. The van der Waals surface area contributed by atoms with E-state index in [-0.39, 0.29) is 0 Å². The second-order valence-electron chi connectivity index (χ2n) is 10.1. The summed E-state index contributed by atoms with van der Waals surface area (Å²) in [5.74, 6) is 0. The molecule has 0 unspecified atom stereocenters. The minimum atomic E-state index is 0.907. The predicted octanol–water partition coefficient (Wildman–Crippen LogP) is 5.06. The number of aromatic nitrogens is 2. The van der Waals surface area contributed by atoms with Gasteiger partial charge in [0.15, 0.2) is 37.9 Å². The van der Waals surface area contributed by atoms with Gasteiger partial charge >= 0.3 is 0 Å². The van der Waals surface area contributed by atoms with E-state index in [1.807, 2.05) is 0 Å². The van der Waals surface area contributed by atoms with Gasteiger partial charge < -0.3 is 9.80 Å². The molecule has 36 heavy (non-hydrogen) atoms. The summed E-state index contributed by atoms with van der Waals surface area (Å²) in [4.78, 5) is 4.25. The number of pyridine rings is 2.